The quantitative estimate of drug-likeness (QED) is 0.580. The summed E-state index contributed by atoms with van der Waals surface area (Å²) in [6, 6.07) is -0.222. The Kier molecular flexibility index (Phi) is 3.31. The fourth-order valence-electron chi connectivity index (χ4n) is 1.21. The van der Waals surface area contributed by atoms with Gasteiger partial charge >= 0.3 is 6.03 Å². The average molecular weight is 174 g/mol. The molecule has 0 radical (unpaired) electrons. The number of hydrogen-bond acceptors (Lipinski definition) is 3. The topological polar surface area (TPSA) is 59.6 Å². The van der Waals surface area contributed by atoms with Crippen LogP contribution in [0.2, 0.25) is 0 Å². The molecule has 12 heavy (non-hydrogen) atoms. The number of rotatable bonds is 2. The monoisotopic (exact) mass is 174 g/mol. The highest BCUT2D eigenvalue weighted by atomic mass is 16.6. The Morgan fingerprint density at radius 3 is 2.92 bits per heavy atom. The summed E-state index contributed by atoms with van der Waals surface area (Å²) < 4.78 is 5.26. The molecule has 1 heterocycles. The van der Waals surface area contributed by atoms with E-state index in [4.69, 9.17) is 4.74 Å². The molecular formula is C7H14N2O3. The van der Waals surface area contributed by atoms with Crippen LogP contribution in [0.1, 0.15) is 13.3 Å². The van der Waals surface area contributed by atoms with E-state index in [1.54, 1.807) is 0 Å². The summed E-state index contributed by atoms with van der Waals surface area (Å²) in [5.74, 6) is 0. The lowest BCUT2D eigenvalue weighted by molar-refractivity contribution is 0.0955. The van der Waals surface area contributed by atoms with Crippen LogP contribution >= 0.6 is 0 Å². The molecule has 1 aliphatic rings. The van der Waals surface area contributed by atoms with E-state index < -0.39 is 0 Å². The van der Waals surface area contributed by atoms with Crippen molar-refractivity contribution in [2.75, 3.05) is 13.7 Å². The zero-order chi connectivity index (χ0) is 8.97. The molecule has 1 rings (SSSR count). The summed E-state index contributed by atoms with van der Waals surface area (Å²) in [5, 5.41) is 2.73. The van der Waals surface area contributed by atoms with Crippen LogP contribution in [0.3, 0.4) is 0 Å². The molecule has 2 unspecified atom stereocenters. The fourth-order valence-corrected chi connectivity index (χ4v) is 1.21. The van der Waals surface area contributed by atoms with Crippen molar-refractivity contribution in [3.05, 3.63) is 0 Å². The molecule has 5 heteroatoms. The van der Waals surface area contributed by atoms with Gasteiger partial charge in [0, 0.05) is 6.61 Å². The van der Waals surface area contributed by atoms with Crippen LogP contribution in [0, 0.1) is 0 Å². The van der Waals surface area contributed by atoms with Gasteiger partial charge < -0.3 is 10.1 Å². The van der Waals surface area contributed by atoms with Crippen molar-refractivity contribution in [3.63, 3.8) is 0 Å². The molecule has 0 aromatic heterocycles. The molecule has 0 bridgehead atoms. The number of hydrogen-bond donors (Lipinski definition) is 2. The van der Waals surface area contributed by atoms with Gasteiger partial charge in [0.2, 0.25) is 0 Å². The highest BCUT2D eigenvalue weighted by molar-refractivity contribution is 5.73. The molecule has 5 nitrogen and oxygen atoms in total. The molecule has 70 valence electrons. The Morgan fingerprint density at radius 1 is 1.67 bits per heavy atom. The Bertz CT molecular complexity index is 163. The Labute approximate surface area is 71.4 Å². The number of hydroxylamine groups is 1. The molecule has 0 saturated carbocycles. The van der Waals surface area contributed by atoms with Crippen LogP contribution in [0.25, 0.3) is 0 Å². The van der Waals surface area contributed by atoms with Gasteiger partial charge in [-0.25, -0.2) is 10.3 Å². The SMILES string of the molecule is CONC(=O)NC1CCOC1C. The lowest BCUT2D eigenvalue weighted by atomic mass is 10.2. The van der Waals surface area contributed by atoms with E-state index in [0.29, 0.717) is 6.61 Å². The van der Waals surface area contributed by atoms with Crippen LogP contribution in [-0.2, 0) is 9.57 Å². The third-order valence-corrected chi connectivity index (χ3v) is 1.89. The molecule has 0 aromatic rings. The normalized spacial score (nSPS) is 28.5. The van der Waals surface area contributed by atoms with Gasteiger partial charge in [0.25, 0.3) is 0 Å². The lowest BCUT2D eigenvalue weighted by Gasteiger charge is -2.15. The van der Waals surface area contributed by atoms with Gasteiger partial charge in [-0.15, -0.1) is 0 Å². The smallest absolute Gasteiger partial charge is 0.339 e. The molecule has 0 aromatic carbocycles. The molecule has 1 saturated heterocycles. The molecule has 0 spiro atoms. The average Bonchev–Trinajstić information content (AvgIpc) is 2.37. The second-order valence-corrected chi connectivity index (χ2v) is 2.75. The van der Waals surface area contributed by atoms with Crippen molar-refractivity contribution in [1.29, 1.82) is 0 Å². The highest BCUT2D eigenvalue weighted by Crippen LogP contribution is 2.11. The second-order valence-electron chi connectivity index (χ2n) is 2.75. The summed E-state index contributed by atoms with van der Waals surface area (Å²) in [5.41, 5.74) is 2.19. The first-order valence-electron chi connectivity index (χ1n) is 3.95. The predicted molar refractivity (Wildman–Crippen MR) is 42.5 cm³/mol. The van der Waals surface area contributed by atoms with Crippen molar-refractivity contribution >= 4 is 6.03 Å². The Hall–Kier alpha value is -0.810. The van der Waals surface area contributed by atoms with Crippen LogP contribution in [-0.4, -0.2) is 31.9 Å². The minimum Gasteiger partial charge on any atom is -0.376 e. The van der Waals surface area contributed by atoms with Crippen molar-refractivity contribution in [2.45, 2.75) is 25.5 Å². The van der Waals surface area contributed by atoms with E-state index in [0.717, 1.165) is 6.42 Å². The first-order chi connectivity index (χ1) is 5.74. The summed E-state index contributed by atoms with van der Waals surface area (Å²) >= 11 is 0. The number of carbonyl (C=O) groups excluding carboxylic acids is 1. The predicted octanol–water partition coefficient (Wildman–Crippen LogP) is 0.0244. The molecular weight excluding hydrogens is 160 g/mol. The van der Waals surface area contributed by atoms with Gasteiger partial charge in [0.1, 0.15) is 0 Å². The van der Waals surface area contributed by atoms with Gasteiger partial charge in [0.05, 0.1) is 19.3 Å². The summed E-state index contributed by atoms with van der Waals surface area (Å²) in [6.45, 7) is 2.64. The standard InChI is InChI=1S/C7H14N2O3/c1-5-6(3-4-12-5)8-7(10)9-11-2/h5-6H,3-4H2,1-2H3,(H2,8,9,10). The summed E-state index contributed by atoms with van der Waals surface area (Å²) in [7, 11) is 1.40. The minimum atomic E-state index is -0.320. The molecule has 1 fully saturated rings. The van der Waals surface area contributed by atoms with E-state index in [1.165, 1.54) is 7.11 Å². The molecule has 2 amide bonds. The maximum Gasteiger partial charge on any atom is 0.339 e. The molecule has 1 aliphatic heterocycles. The Morgan fingerprint density at radius 2 is 2.42 bits per heavy atom. The van der Waals surface area contributed by atoms with Gasteiger partial charge in [0.15, 0.2) is 0 Å². The van der Waals surface area contributed by atoms with Gasteiger partial charge in [-0.1, -0.05) is 0 Å². The number of nitrogens with one attached hydrogen (secondary N) is 2. The summed E-state index contributed by atoms with van der Waals surface area (Å²) in [4.78, 5) is 15.4. The van der Waals surface area contributed by atoms with E-state index in [2.05, 4.69) is 15.6 Å². The lowest BCUT2D eigenvalue weighted by Crippen LogP contribution is -2.44. The zero-order valence-corrected chi connectivity index (χ0v) is 7.29. The Balaban J connectivity index is 2.25. The van der Waals surface area contributed by atoms with Crippen molar-refractivity contribution in [1.82, 2.24) is 10.8 Å². The third kappa shape index (κ3) is 2.35. The van der Waals surface area contributed by atoms with E-state index in [9.17, 15) is 4.79 Å². The molecule has 2 N–H and O–H groups in total. The van der Waals surface area contributed by atoms with Crippen LogP contribution in [0.5, 0.6) is 0 Å². The maximum atomic E-state index is 10.9. The van der Waals surface area contributed by atoms with Crippen molar-refractivity contribution < 1.29 is 14.4 Å². The van der Waals surface area contributed by atoms with Crippen molar-refractivity contribution in [3.8, 4) is 0 Å². The van der Waals surface area contributed by atoms with E-state index in [1.807, 2.05) is 6.92 Å². The first-order valence-corrected chi connectivity index (χ1v) is 3.95. The van der Waals surface area contributed by atoms with Crippen LogP contribution in [0.4, 0.5) is 4.79 Å². The van der Waals surface area contributed by atoms with Gasteiger partial charge in [-0.2, -0.15) is 0 Å². The maximum absolute atomic E-state index is 10.9. The van der Waals surface area contributed by atoms with Gasteiger partial charge in [-0.05, 0) is 13.3 Å². The largest absolute Gasteiger partial charge is 0.376 e. The fraction of sp³-hybridized carbons (Fsp3) is 0.857. The third-order valence-electron chi connectivity index (χ3n) is 1.89. The van der Waals surface area contributed by atoms with Gasteiger partial charge in [-0.3, -0.25) is 4.84 Å². The van der Waals surface area contributed by atoms with Crippen molar-refractivity contribution in [2.24, 2.45) is 0 Å². The minimum absolute atomic E-state index is 0.0904. The molecule has 0 aliphatic carbocycles. The summed E-state index contributed by atoms with van der Waals surface area (Å²) in [6.07, 6.45) is 0.950. The molecule has 2 atom stereocenters. The number of ether oxygens (including phenoxy) is 1. The number of amides is 2. The first kappa shape index (κ1) is 9.28. The zero-order valence-electron chi connectivity index (χ0n) is 7.29. The van der Waals surface area contributed by atoms with Crippen LogP contribution < -0.4 is 10.8 Å². The second kappa shape index (κ2) is 4.27. The number of carbonyl (C=O) groups is 1. The van der Waals surface area contributed by atoms with Crippen LogP contribution in [0.15, 0.2) is 0 Å². The number of urea groups is 1. The highest BCUT2D eigenvalue weighted by Gasteiger charge is 2.25. The van der Waals surface area contributed by atoms with E-state index in [-0.39, 0.29) is 18.2 Å². The van der Waals surface area contributed by atoms with E-state index >= 15 is 0 Å².